The van der Waals surface area contributed by atoms with Gasteiger partial charge < -0.3 is 9.57 Å². The van der Waals surface area contributed by atoms with Crippen LogP contribution >= 0.6 is 0 Å². The van der Waals surface area contributed by atoms with Gasteiger partial charge in [-0.25, -0.2) is 0 Å². The number of hydrogen-bond donors (Lipinski definition) is 1. The highest BCUT2D eigenvalue weighted by Gasteiger charge is 2.00. The number of ether oxygens (including phenoxy) is 1. The van der Waals surface area contributed by atoms with Crippen LogP contribution in [0.4, 0.5) is 0 Å². The molecule has 0 rings (SSSR count). The second kappa shape index (κ2) is 7.06. The molecule has 0 heterocycles. The summed E-state index contributed by atoms with van der Waals surface area (Å²) in [5.41, 5.74) is 2.53. The normalized spacial score (nSPS) is 10.3. The van der Waals surface area contributed by atoms with Crippen molar-refractivity contribution in [1.29, 1.82) is 0 Å². The molecule has 0 radical (unpaired) electrons. The molecule has 4 heteroatoms. The van der Waals surface area contributed by atoms with E-state index in [-0.39, 0.29) is 12.5 Å². The van der Waals surface area contributed by atoms with E-state index in [0.29, 0.717) is 19.1 Å². The standard InChI is InChI=1S/C8H17NO3/c1-4-11-8(10)5-9-12-6-7(2)3/h7,9H,4-6H2,1-3H3. The van der Waals surface area contributed by atoms with Gasteiger partial charge in [-0.2, -0.15) is 5.48 Å². The molecule has 0 spiro atoms. The number of esters is 1. The summed E-state index contributed by atoms with van der Waals surface area (Å²) < 4.78 is 4.67. The van der Waals surface area contributed by atoms with Crippen LogP contribution in [-0.4, -0.2) is 25.7 Å². The van der Waals surface area contributed by atoms with Crippen LogP contribution in [0, 0.1) is 5.92 Å². The third-order valence-electron chi connectivity index (χ3n) is 1.04. The maximum atomic E-state index is 10.7. The molecule has 0 aliphatic rings. The SMILES string of the molecule is CCOC(=O)CNOCC(C)C. The van der Waals surface area contributed by atoms with E-state index in [1.807, 2.05) is 13.8 Å². The van der Waals surface area contributed by atoms with Gasteiger partial charge in [0.15, 0.2) is 0 Å². The topological polar surface area (TPSA) is 47.6 Å². The van der Waals surface area contributed by atoms with Crippen LogP contribution in [-0.2, 0) is 14.4 Å². The quantitative estimate of drug-likeness (QED) is 0.367. The van der Waals surface area contributed by atoms with E-state index in [1.54, 1.807) is 6.92 Å². The van der Waals surface area contributed by atoms with Gasteiger partial charge >= 0.3 is 5.97 Å². The lowest BCUT2D eigenvalue weighted by atomic mass is 10.2. The lowest BCUT2D eigenvalue weighted by Crippen LogP contribution is -2.26. The highest BCUT2D eigenvalue weighted by Crippen LogP contribution is 1.89. The summed E-state index contributed by atoms with van der Waals surface area (Å²) in [5.74, 6) is 0.168. The Balaban J connectivity index is 3.14. The molecule has 0 saturated carbocycles. The van der Waals surface area contributed by atoms with E-state index in [0.717, 1.165) is 0 Å². The van der Waals surface area contributed by atoms with Crippen LogP contribution in [0.5, 0.6) is 0 Å². The van der Waals surface area contributed by atoms with E-state index < -0.39 is 0 Å². The lowest BCUT2D eigenvalue weighted by Gasteiger charge is -2.06. The monoisotopic (exact) mass is 175 g/mol. The van der Waals surface area contributed by atoms with Crippen LogP contribution < -0.4 is 5.48 Å². The van der Waals surface area contributed by atoms with Crippen LogP contribution in [0.2, 0.25) is 0 Å². The molecular formula is C8H17NO3. The second-order valence-electron chi connectivity index (χ2n) is 2.83. The largest absolute Gasteiger partial charge is 0.465 e. The molecule has 0 atom stereocenters. The summed E-state index contributed by atoms with van der Waals surface area (Å²) in [6.07, 6.45) is 0. The van der Waals surface area contributed by atoms with Crippen molar-refractivity contribution in [3.8, 4) is 0 Å². The highest BCUT2D eigenvalue weighted by molar-refractivity contribution is 5.71. The van der Waals surface area contributed by atoms with E-state index in [4.69, 9.17) is 4.84 Å². The molecule has 0 saturated heterocycles. The molecule has 0 aromatic carbocycles. The fourth-order valence-electron chi connectivity index (χ4n) is 0.548. The number of nitrogens with one attached hydrogen (secondary N) is 1. The fraction of sp³-hybridized carbons (Fsp3) is 0.875. The second-order valence-corrected chi connectivity index (χ2v) is 2.83. The molecule has 12 heavy (non-hydrogen) atoms. The molecule has 0 amide bonds. The van der Waals surface area contributed by atoms with E-state index in [1.165, 1.54) is 0 Å². The average molecular weight is 175 g/mol. The summed E-state index contributed by atoms with van der Waals surface area (Å²) in [7, 11) is 0. The maximum Gasteiger partial charge on any atom is 0.322 e. The Kier molecular flexibility index (Phi) is 6.70. The van der Waals surface area contributed by atoms with Crippen LogP contribution in [0.15, 0.2) is 0 Å². The Morgan fingerprint density at radius 3 is 2.67 bits per heavy atom. The summed E-state index contributed by atoms with van der Waals surface area (Å²) >= 11 is 0. The van der Waals surface area contributed by atoms with Crippen molar-refractivity contribution < 1.29 is 14.4 Å². The van der Waals surface area contributed by atoms with Crippen molar-refractivity contribution in [2.75, 3.05) is 19.8 Å². The molecule has 0 fully saturated rings. The number of carbonyl (C=O) groups excluding carboxylic acids is 1. The van der Waals surface area contributed by atoms with Crippen LogP contribution in [0.3, 0.4) is 0 Å². The smallest absolute Gasteiger partial charge is 0.322 e. The summed E-state index contributed by atoms with van der Waals surface area (Å²) in [6, 6.07) is 0. The van der Waals surface area contributed by atoms with E-state index in [2.05, 4.69) is 10.2 Å². The third-order valence-corrected chi connectivity index (χ3v) is 1.04. The fourth-order valence-corrected chi connectivity index (χ4v) is 0.548. The Bertz CT molecular complexity index is 125. The summed E-state index contributed by atoms with van der Waals surface area (Å²) in [6.45, 7) is 6.95. The minimum absolute atomic E-state index is 0.112. The lowest BCUT2D eigenvalue weighted by molar-refractivity contribution is -0.145. The van der Waals surface area contributed by atoms with Gasteiger partial charge in [0.2, 0.25) is 0 Å². The molecule has 4 nitrogen and oxygen atoms in total. The first-order valence-electron chi connectivity index (χ1n) is 4.17. The first kappa shape index (κ1) is 11.4. The zero-order valence-electron chi connectivity index (χ0n) is 7.92. The third kappa shape index (κ3) is 7.50. The Labute approximate surface area is 73.2 Å². The molecular weight excluding hydrogens is 158 g/mol. The number of rotatable bonds is 6. The van der Waals surface area contributed by atoms with Gasteiger partial charge in [-0.05, 0) is 12.8 Å². The zero-order chi connectivity index (χ0) is 9.40. The summed E-state index contributed by atoms with van der Waals surface area (Å²) in [5, 5.41) is 0. The molecule has 0 aromatic heterocycles. The predicted molar refractivity (Wildman–Crippen MR) is 45.4 cm³/mol. The molecule has 1 N–H and O–H groups in total. The minimum atomic E-state index is -0.291. The summed E-state index contributed by atoms with van der Waals surface area (Å²) in [4.78, 5) is 15.7. The molecule has 0 aliphatic carbocycles. The zero-order valence-corrected chi connectivity index (χ0v) is 7.92. The molecule has 72 valence electrons. The molecule has 0 aliphatic heterocycles. The van der Waals surface area contributed by atoms with Gasteiger partial charge in [0.1, 0.15) is 6.54 Å². The van der Waals surface area contributed by atoms with Gasteiger partial charge in [-0.15, -0.1) is 0 Å². The van der Waals surface area contributed by atoms with Crippen LogP contribution in [0.1, 0.15) is 20.8 Å². The van der Waals surface area contributed by atoms with E-state index >= 15 is 0 Å². The van der Waals surface area contributed by atoms with Gasteiger partial charge in [0, 0.05) is 0 Å². The molecule has 0 bridgehead atoms. The number of hydrogen-bond acceptors (Lipinski definition) is 4. The van der Waals surface area contributed by atoms with Crippen molar-refractivity contribution in [2.45, 2.75) is 20.8 Å². The first-order chi connectivity index (χ1) is 5.66. The van der Waals surface area contributed by atoms with Crippen LogP contribution in [0.25, 0.3) is 0 Å². The predicted octanol–water partition coefficient (Wildman–Crippen LogP) is 0.727. The van der Waals surface area contributed by atoms with Gasteiger partial charge in [-0.3, -0.25) is 4.79 Å². The van der Waals surface area contributed by atoms with Crippen molar-refractivity contribution >= 4 is 5.97 Å². The number of carbonyl (C=O) groups is 1. The van der Waals surface area contributed by atoms with Gasteiger partial charge in [0.05, 0.1) is 13.2 Å². The van der Waals surface area contributed by atoms with Crippen molar-refractivity contribution in [3.05, 3.63) is 0 Å². The van der Waals surface area contributed by atoms with Gasteiger partial charge in [0.25, 0.3) is 0 Å². The minimum Gasteiger partial charge on any atom is -0.465 e. The highest BCUT2D eigenvalue weighted by atomic mass is 16.6. The number of hydroxylamine groups is 1. The van der Waals surface area contributed by atoms with Crippen molar-refractivity contribution in [2.24, 2.45) is 5.92 Å². The van der Waals surface area contributed by atoms with E-state index in [9.17, 15) is 4.79 Å². The molecule has 0 aromatic rings. The average Bonchev–Trinajstić information content (AvgIpc) is 1.98. The van der Waals surface area contributed by atoms with Gasteiger partial charge in [-0.1, -0.05) is 13.8 Å². The Morgan fingerprint density at radius 1 is 1.50 bits per heavy atom. The Morgan fingerprint density at radius 2 is 2.17 bits per heavy atom. The Hall–Kier alpha value is -0.610. The first-order valence-corrected chi connectivity index (χ1v) is 4.17. The molecule has 0 unspecified atom stereocenters. The van der Waals surface area contributed by atoms with Crippen molar-refractivity contribution in [1.82, 2.24) is 5.48 Å². The maximum absolute atomic E-state index is 10.7. The van der Waals surface area contributed by atoms with Crippen molar-refractivity contribution in [3.63, 3.8) is 0 Å².